The van der Waals surface area contributed by atoms with Crippen molar-refractivity contribution in [1.29, 1.82) is 0 Å². The van der Waals surface area contributed by atoms with Gasteiger partial charge in [-0.3, -0.25) is 9.69 Å². The fourth-order valence-corrected chi connectivity index (χ4v) is 4.46. The highest BCUT2D eigenvalue weighted by Crippen LogP contribution is 2.27. The summed E-state index contributed by atoms with van der Waals surface area (Å²) in [4.78, 5) is 13.7. The molecule has 2 fully saturated rings. The number of aliphatic hydroxyl groups excluding tert-OH is 1. The molecule has 2 aliphatic rings. The molecule has 2 rings (SSSR count). The zero-order chi connectivity index (χ0) is 14.0. The Labute approximate surface area is 114 Å². The lowest BCUT2D eigenvalue weighted by atomic mass is 9.82. The van der Waals surface area contributed by atoms with Crippen molar-refractivity contribution in [1.82, 2.24) is 10.2 Å². The van der Waals surface area contributed by atoms with Gasteiger partial charge >= 0.3 is 0 Å². The van der Waals surface area contributed by atoms with Gasteiger partial charge in [-0.2, -0.15) is 0 Å². The average molecular weight is 290 g/mol. The van der Waals surface area contributed by atoms with Crippen molar-refractivity contribution in [2.24, 2.45) is 5.92 Å². The van der Waals surface area contributed by atoms with Crippen LogP contribution in [0.1, 0.15) is 19.3 Å². The summed E-state index contributed by atoms with van der Waals surface area (Å²) in [5.74, 6) is 0.592. The van der Waals surface area contributed by atoms with E-state index in [0.29, 0.717) is 12.3 Å². The Hall–Kier alpha value is -0.660. The molecule has 0 radical (unpaired) electrons. The smallest absolute Gasteiger partial charge is 0.234 e. The lowest BCUT2D eigenvalue weighted by Gasteiger charge is -2.34. The van der Waals surface area contributed by atoms with Crippen LogP contribution in [-0.2, 0) is 14.6 Å². The van der Waals surface area contributed by atoms with Gasteiger partial charge in [-0.1, -0.05) is 0 Å². The first-order chi connectivity index (χ1) is 8.84. The first kappa shape index (κ1) is 14.7. The van der Waals surface area contributed by atoms with Crippen LogP contribution in [0.25, 0.3) is 0 Å². The van der Waals surface area contributed by atoms with Crippen molar-refractivity contribution in [3.8, 4) is 0 Å². The summed E-state index contributed by atoms with van der Waals surface area (Å²) in [5.41, 5.74) is 0. The van der Waals surface area contributed by atoms with Crippen molar-refractivity contribution >= 4 is 15.7 Å². The van der Waals surface area contributed by atoms with Gasteiger partial charge in [0.1, 0.15) is 0 Å². The van der Waals surface area contributed by atoms with Gasteiger partial charge in [-0.05, 0) is 32.2 Å². The van der Waals surface area contributed by atoms with Crippen LogP contribution >= 0.6 is 0 Å². The third-order valence-corrected chi connectivity index (χ3v) is 5.56. The molecule has 1 saturated carbocycles. The number of hydrogen-bond acceptors (Lipinski definition) is 5. The summed E-state index contributed by atoms with van der Waals surface area (Å²) in [6.07, 6.45) is 1.97. The molecule has 110 valence electrons. The maximum Gasteiger partial charge on any atom is 0.234 e. The van der Waals surface area contributed by atoms with E-state index in [0.717, 1.165) is 19.4 Å². The van der Waals surface area contributed by atoms with Crippen LogP contribution in [0, 0.1) is 5.92 Å². The van der Waals surface area contributed by atoms with E-state index < -0.39 is 9.84 Å². The summed E-state index contributed by atoms with van der Waals surface area (Å²) in [5, 5.41) is 12.0. The minimum atomic E-state index is -2.95. The molecular formula is C12H22N2O4S. The SMILES string of the molecule is CN(CC(=O)NC1CCS(=O)(=O)C1)CC1CC(O)C1. The number of sulfone groups is 1. The number of carbonyl (C=O) groups is 1. The summed E-state index contributed by atoms with van der Waals surface area (Å²) in [6.45, 7) is 1.08. The van der Waals surface area contributed by atoms with Gasteiger partial charge in [0.25, 0.3) is 0 Å². The van der Waals surface area contributed by atoms with Gasteiger partial charge in [0, 0.05) is 12.6 Å². The monoisotopic (exact) mass is 290 g/mol. The number of nitrogens with zero attached hydrogens (tertiary/aromatic N) is 1. The summed E-state index contributed by atoms with van der Waals surface area (Å²) in [7, 11) is -1.07. The van der Waals surface area contributed by atoms with Crippen molar-refractivity contribution in [2.75, 3.05) is 31.6 Å². The summed E-state index contributed by atoms with van der Waals surface area (Å²) >= 11 is 0. The molecule has 2 N–H and O–H groups in total. The van der Waals surface area contributed by atoms with Crippen LogP contribution < -0.4 is 5.32 Å². The maximum atomic E-state index is 11.8. The molecule has 1 aliphatic carbocycles. The predicted molar refractivity (Wildman–Crippen MR) is 71.4 cm³/mol. The second-order valence-electron chi connectivity index (χ2n) is 5.86. The van der Waals surface area contributed by atoms with Gasteiger partial charge in [0.05, 0.1) is 24.2 Å². The summed E-state index contributed by atoms with van der Waals surface area (Å²) < 4.78 is 22.6. The van der Waals surface area contributed by atoms with Gasteiger partial charge < -0.3 is 10.4 Å². The zero-order valence-corrected chi connectivity index (χ0v) is 12.0. The van der Waals surface area contributed by atoms with Crippen LogP contribution in [0.4, 0.5) is 0 Å². The topological polar surface area (TPSA) is 86.7 Å². The first-order valence-electron chi connectivity index (χ1n) is 6.70. The molecule has 0 aromatic rings. The number of amides is 1. The minimum Gasteiger partial charge on any atom is -0.393 e. The average Bonchev–Trinajstić information content (AvgIpc) is 2.55. The van der Waals surface area contributed by atoms with E-state index in [9.17, 15) is 18.3 Å². The minimum absolute atomic E-state index is 0.0667. The number of nitrogens with one attached hydrogen (secondary N) is 1. The molecule has 6 nitrogen and oxygen atoms in total. The number of carbonyl (C=O) groups excluding carboxylic acids is 1. The van der Waals surface area contributed by atoms with E-state index in [4.69, 9.17) is 0 Å². The fraction of sp³-hybridized carbons (Fsp3) is 0.917. The quantitative estimate of drug-likeness (QED) is 0.678. The number of aliphatic hydroxyl groups is 1. The largest absolute Gasteiger partial charge is 0.393 e. The van der Waals surface area contributed by atoms with E-state index in [-0.39, 0.29) is 36.1 Å². The van der Waals surface area contributed by atoms with E-state index in [1.807, 2.05) is 11.9 Å². The van der Waals surface area contributed by atoms with E-state index in [2.05, 4.69) is 5.32 Å². The van der Waals surface area contributed by atoms with Gasteiger partial charge in [-0.25, -0.2) is 8.42 Å². The third kappa shape index (κ3) is 4.43. The standard InChI is InChI=1S/C12H22N2O4S/c1-14(6-9-4-11(15)5-9)7-12(16)13-10-2-3-19(17,18)8-10/h9-11,15H,2-8H2,1H3,(H,13,16). The van der Waals surface area contributed by atoms with Crippen molar-refractivity contribution < 1.29 is 18.3 Å². The van der Waals surface area contributed by atoms with Gasteiger partial charge in [-0.15, -0.1) is 0 Å². The number of hydrogen-bond donors (Lipinski definition) is 2. The molecule has 1 atom stereocenters. The van der Waals surface area contributed by atoms with Crippen molar-refractivity contribution in [2.45, 2.75) is 31.4 Å². The Bertz CT molecular complexity index is 431. The van der Waals surface area contributed by atoms with Crippen molar-refractivity contribution in [3.63, 3.8) is 0 Å². The van der Waals surface area contributed by atoms with Crippen LogP contribution in [0.5, 0.6) is 0 Å². The highest BCUT2D eigenvalue weighted by molar-refractivity contribution is 7.91. The Morgan fingerprint density at radius 3 is 2.63 bits per heavy atom. The lowest BCUT2D eigenvalue weighted by Crippen LogP contribution is -2.44. The molecule has 1 heterocycles. The highest BCUT2D eigenvalue weighted by Gasteiger charge is 2.30. The molecular weight excluding hydrogens is 268 g/mol. The Balaban J connectivity index is 1.66. The van der Waals surface area contributed by atoms with Crippen LogP contribution in [0.2, 0.25) is 0 Å². The van der Waals surface area contributed by atoms with Crippen molar-refractivity contribution in [3.05, 3.63) is 0 Å². The molecule has 1 saturated heterocycles. The van der Waals surface area contributed by atoms with E-state index in [1.54, 1.807) is 0 Å². The predicted octanol–water partition coefficient (Wildman–Crippen LogP) is -1.01. The molecule has 1 unspecified atom stereocenters. The number of likely N-dealkylation sites (N-methyl/N-ethyl adjacent to an activating group) is 1. The van der Waals surface area contributed by atoms with Crippen LogP contribution in [0.3, 0.4) is 0 Å². The van der Waals surface area contributed by atoms with Gasteiger partial charge in [0.2, 0.25) is 5.91 Å². The number of rotatable bonds is 5. The van der Waals surface area contributed by atoms with Crippen LogP contribution in [0.15, 0.2) is 0 Å². The Morgan fingerprint density at radius 1 is 1.42 bits per heavy atom. The molecule has 0 spiro atoms. The van der Waals surface area contributed by atoms with Crippen LogP contribution in [-0.4, -0.2) is 68.1 Å². The third-order valence-electron chi connectivity index (χ3n) is 3.79. The highest BCUT2D eigenvalue weighted by atomic mass is 32.2. The molecule has 0 bridgehead atoms. The zero-order valence-electron chi connectivity index (χ0n) is 11.2. The maximum absolute atomic E-state index is 11.8. The lowest BCUT2D eigenvalue weighted by molar-refractivity contribution is -0.122. The second-order valence-corrected chi connectivity index (χ2v) is 8.08. The normalized spacial score (nSPS) is 33.1. The Morgan fingerprint density at radius 2 is 2.11 bits per heavy atom. The molecule has 1 amide bonds. The molecule has 0 aromatic carbocycles. The molecule has 1 aliphatic heterocycles. The van der Waals surface area contributed by atoms with E-state index in [1.165, 1.54) is 0 Å². The molecule has 7 heteroatoms. The van der Waals surface area contributed by atoms with E-state index >= 15 is 0 Å². The molecule has 0 aromatic heterocycles. The second kappa shape index (κ2) is 5.76. The van der Waals surface area contributed by atoms with Gasteiger partial charge in [0.15, 0.2) is 9.84 Å². The fourth-order valence-electron chi connectivity index (χ4n) is 2.78. The molecule has 19 heavy (non-hydrogen) atoms. The first-order valence-corrected chi connectivity index (χ1v) is 8.52. The Kier molecular flexibility index (Phi) is 4.47. The summed E-state index contributed by atoms with van der Waals surface area (Å²) in [6, 6.07) is -0.226.